The Morgan fingerprint density at radius 3 is 2.88 bits per heavy atom. The number of nitrogens with one attached hydrogen (secondary N) is 3. The number of pyridine rings is 2. The molecule has 3 aromatic heterocycles. The van der Waals surface area contributed by atoms with Gasteiger partial charge in [0.1, 0.15) is 5.49 Å². The highest BCUT2D eigenvalue weighted by atomic mass is 32.2. The molecule has 1 aliphatic heterocycles. The van der Waals surface area contributed by atoms with Crippen LogP contribution in [0.3, 0.4) is 0 Å². The van der Waals surface area contributed by atoms with Crippen LogP contribution in [-0.4, -0.2) is 44.3 Å². The predicted molar refractivity (Wildman–Crippen MR) is 131 cm³/mol. The highest BCUT2D eigenvalue weighted by molar-refractivity contribution is 8.13. The molecule has 1 aromatic carbocycles. The van der Waals surface area contributed by atoms with Gasteiger partial charge in [-0.1, -0.05) is 11.8 Å². The number of aromatic nitrogens is 4. The molecule has 4 aromatic rings. The van der Waals surface area contributed by atoms with Crippen LogP contribution in [0.25, 0.3) is 22.0 Å². The zero-order valence-corrected chi connectivity index (χ0v) is 19.1. The summed E-state index contributed by atoms with van der Waals surface area (Å²) >= 11 is 1.32. The van der Waals surface area contributed by atoms with Crippen molar-refractivity contribution < 1.29 is 4.74 Å². The van der Waals surface area contributed by atoms with E-state index in [1.807, 2.05) is 49.9 Å². The summed E-state index contributed by atoms with van der Waals surface area (Å²) < 4.78 is 8.77. The Morgan fingerprint density at radius 1 is 1.18 bits per heavy atom. The molecule has 0 saturated carbocycles. The van der Waals surface area contributed by atoms with Crippen LogP contribution < -0.4 is 10.8 Å². The van der Waals surface area contributed by atoms with E-state index in [9.17, 15) is 0 Å². The van der Waals surface area contributed by atoms with E-state index in [2.05, 4.69) is 21.5 Å². The van der Waals surface area contributed by atoms with Crippen LogP contribution in [0.1, 0.15) is 6.42 Å². The van der Waals surface area contributed by atoms with E-state index in [1.54, 1.807) is 21.5 Å². The van der Waals surface area contributed by atoms with E-state index in [0.717, 1.165) is 58.8 Å². The first kappa shape index (κ1) is 21.4. The fraction of sp³-hybridized carbons (Fsp3) is 0.250. The van der Waals surface area contributed by atoms with Gasteiger partial charge in [0, 0.05) is 59.9 Å². The largest absolute Gasteiger partial charge is 0.383 e. The summed E-state index contributed by atoms with van der Waals surface area (Å²) in [5.41, 5.74) is 4.01. The van der Waals surface area contributed by atoms with E-state index in [0.29, 0.717) is 5.92 Å². The molecule has 0 bridgehead atoms. The van der Waals surface area contributed by atoms with Crippen molar-refractivity contribution in [3.63, 3.8) is 0 Å². The molecule has 33 heavy (non-hydrogen) atoms. The number of anilines is 1. The first-order valence-electron chi connectivity index (χ1n) is 10.8. The highest BCUT2D eigenvalue weighted by Gasteiger charge is 2.15. The molecule has 0 radical (unpaired) electrons. The van der Waals surface area contributed by atoms with Crippen LogP contribution in [0, 0.1) is 16.7 Å². The van der Waals surface area contributed by atoms with Gasteiger partial charge in [0.25, 0.3) is 0 Å². The van der Waals surface area contributed by atoms with E-state index in [-0.39, 0.29) is 10.7 Å². The number of ether oxygens (including phenoxy) is 1. The second-order valence-corrected chi connectivity index (χ2v) is 9.23. The summed E-state index contributed by atoms with van der Waals surface area (Å²) in [5, 5.41) is 25.9. The molecular weight excluding hydrogens is 434 g/mol. The van der Waals surface area contributed by atoms with Crippen molar-refractivity contribution in [2.24, 2.45) is 13.0 Å². The van der Waals surface area contributed by atoms with Gasteiger partial charge < -0.3 is 10.1 Å². The van der Waals surface area contributed by atoms with Gasteiger partial charge in [-0.15, -0.1) is 0 Å². The quantitative estimate of drug-likeness (QED) is 0.238. The SMILES string of the molecule is Cn1cc(-c2ccc(=N)n(C(=N)Sc3ccc4ncc(NCC5CCOC5)cc4c3)c2)cn1. The lowest BCUT2D eigenvalue weighted by Gasteiger charge is -2.12. The number of nitrogens with zero attached hydrogens (tertiary/aromatic N) is 4. The minimum atomic E-state index is 0.255. The lowest BCUT2D eigenvalue weighted by atomic mass is 10.1. The van der Waals surface area contributed by atoms with Gasteiger partial charge in [-0.25, -0.2) is 0 Å². The van der Waals surface area contributed by atoms with E-state index in [1.165, 1.54) is 11.8 Å². The van der Waals surface area contributed by atoms with Gasteiger partial charge >= 0.3 is 0 Å². The average Bonchev–Trinajstić information content (AvgIpc) is 3.49. The zero-order valence-electron chi connectivity index (χ0n) is 18.3. The first-order chi connectivity index (χ1) is 16.0. The lowest BCUT2D eigenvalue weighted by Crippen LogP contribution is -2.23. The molecular formula is C24H25N7OS. The van der Waals surface area contributed by atoms with Crippen molar-refractivity contribution in [3.05, 3.63) is 66.7 Å². The van der Waals surface area contributed by atoms with Crippen LogP contribution in [0.4, 0.5) is 5.69 Å². The van der Waals surface area contributed by atoms with Gasteiger partial charge in [0.05, 0.1) is 30.2 Å². The third-order valence-corrected chi connectivity index (χ3v) is 6.57. The summed E-state index contributed by atoms with van der Waals surface area (Å²) in [6.45, 7) is 2.54. The van der Waals surface area contributed by atoms with E-state index >= 15 is 0 Å². The van der Waals surface area contributed by atoms with Gasteiger partial charge in [-0.3, -0.25) is 25.1 Å². The smallest absolute Gasteiger partial charge is 0.171 e. The lowest BCUT2D eigenvalue weighted by molar-refractivity contribution is 0.187. The number of thioether (sulfide) groups is 1. The highest BCUT2D eigenvalue weighted by Crippen LogP contribution is 2.26. The molecule has 1 atom stereocenters. The molecule has 1 unspecified atom stereocenters. The van der Waals surface area contributed by atoms with Crippen molar-refractivity contribution in [1.29, 1.82) is 10.8 Å². The second kappa shape index (κ2) is 9.21. The Hall–Kier alpha value is -3.43. The first-order valence-corrected chi connectivity index (χ1v) is 11.6. The maximum Gasteiger partial charge on any atom is 0.171 e. The molecule has 5 rings (SSSR count). The number of rotatable bonds is 5. The van der Waals surface area contributed by atoms with Crippen molar-refractivity contribution in [2.75, 3.05) is 25.1 Å². The van der Waals surface area contributed by atoms with Crippen molar-refractivity contribution in [2.45, 2.75) is 11.3 Å². The predicted octanol–water partition coefficient (Wildman–Crippen LogP) is 3.94. The zero-order chi connectivity index (χ0) is 22.8. The standard InChI is InChI=1S/C24H25N7OS/c1-30-13-19(11-29-30)17-2-5-23(25)31(14-17)24(26)33-21-3-4-22-18(9-21)8-20(12-28-22)27-10-16-6-7-32-15-16/h2-5,8-9,11-14,16,25-27H,6-7,10,15H2,1H3. The Balaban J connectivity index is 1.35. The summed E-state index contributed by atoms with van der Waals surface area (Å²) in [6.07, 6.45) is 8.46. The van der Waals surface area contributed by atoms with Crippen molar-refractivity contribution >= 4 is 33.5 Å². The summed E-state index contributed by atoms with van der Waals surface area (Å²) in [6, 6.07) is 11.7. The average molecular weight is 460 g/mol. The van der Waals surface area contributed by atoms with Crippen LogP contribution in [0.15, 0.2) is 66.1 Å². The normalized spacial score (nSPS) is 15.7. The van der Waals surface area contributed by atoms with Gasteiger partial charge in [0.15, 0.2) is 5.17 Å². The number of aryl methyl sites for hydroxylation is 1. The van der Waals surface area contributed by atoms with Crippen LogP contribution >= 0.6 is 11.8 Å². The van der Waals surface area contributed by atoms with E-state index in [4.69, 9.17) is 15.6 Å². The number of hydrogen-bond acceptors (Lipinski definition) is 7. The summed E-state index contributed by atoms with van der Waals surface area (Å²) in [4.78, 5) is 5.49. The Kier molecular flexibility index (Phi) is 5.97. The minimum absolute atomic E-state index is 0.255. The fourth-order valence-corrected chi connectivity index (χ4v) is 4.64. The molecule has 4 heterocycles. The third kappa shape index (κ3) is 4.84. The van der Waals surface area contributed by atoms with Crippen LogP contribution in [0.5, 0.6) is 0 Å². The molecule has 3 N–H and O–H groups in total. The summed E-state index contributed by atoms with van der Waals surface area (Å²) in [5.74, 6) is 0.543. The third-order valence-electron chi connectivity index (χ3n) is 5.69. The second-order valence-electron chi connectivity index (χ2n) is 8.17. The van der Waals surface area contributed by atoms with Gasteiger partial charge in [0.2, 0.25) is 0 Å². The van der Waals surface area contributed by atoms with Crippen molar-refractivity contribution in [1.82, 2.24) is 19.3 Å². The Labute approximate surface area is 195 Å². The Bertz CT molecular complexity index is 1370. The molecule has 1 saturated heterocycles. The van der Waals surface area contributed by atoms with Crippen molar-refractivity contribution in [3.8, 4) is 11.1 Å². The van der Waals surface area contributed by atoms with Gasteiger partial charge in [-0.2, -0.15) is 5.10 Å². The fourth-order valence-electron chi connectivity index (χ4n) is 3.85. The molecule has 0 amide bonds. The maximum atomic E-state index is 8.63. The maximum absolute atomic E-state index is 8.63. The molecule has 0 aliphatic carbocycles. The molecule has 0 spiro atoms. The number of benzene rings is 1. The minimum Gasteiger partial charge on any atom is -0.383 e. The molecule has 168 valence electrons. The number of fused-ring (bicyclic) bond motifs is 1. The van der Waals surface area contributed by atoms with Gasteiger partial charge in [-0.05, 0) is 42.8 Å². The van der Waals surface area contributed by atoms with E-state index < -0.39 is 0 Å². The van der Waals surface area contributed by atoms with Crippen LogP contribution in [-0.2, 0) is 11.8 Å². The molecule has 8 nitrogen and oxygen atoms in total. The molecule has 9 heteroatoms. The summed E-state index contributed by atoms with van der Waals surface area (Å²) in [7, 11) is 1.87. The molecule has 1 fully saturated rings. The Morgan fingerprint density at radius 2 is 2.09 bits per heavy atom. The topological polar surface area (TPSA) is 105 Å². The number of hydrogen-bond donors (Lipinski definition) is 3. The van der Waals surface area contributed by atoms with Crippen LogP contribution in [0.2, 0.25) is 0 Å². The monoisotopic (exact) mass is 459 g/mol. The molecule has 1 aliphatic rings.